The molecule has 98 valence electrons. The van der Waals surface area contributed by atoms with E-state index in [1.165, 1.54) is 0 Å². The third-order valence-corrected chi connectivity index (χ3v) is 3.13. The number of amides is 3. The summed E-state index contributed by atoms with van der Waals surface area (Å²) in [7, 11) is 0. The summed E-state index contributed by atoms with van der Waals surface area (Å²) < 4.78 is 0. The lowest BCUT2D eigenvalue weighted by Gasteiger charge is -2.42. The molecular weight excluding hydrogens is 242 g/mol. The number of halogens is 1. The molecule has 1 N–H and O–H groups in total. The summed E-state index contributed by atoms with van der Waals surface area (Å²) in [5.41, 5.74) is 0.120. The van der Waals surface area contributed by atoms with Gasteiger partial charge in [0.25, 0.3) is 0 Å². The van der Waals surface area contributed by atoms with Crippen LogP contribution in [0.4, 0.5) is 4.79 Å². The number of nitrogens with one attached hydrogen (secondary N) is 1. The zero-order valence-electron chi connectivity index (χ0n) is 10.6. The average molecular weight is 262 g/mol. The number of nitrogens with zero attached hydrogens (tertiary/aromatic N) is 2. The van der Waals surface area contributed by atoms with E-state index in [0.29, 0.717) is 13.1 Å². The molecule has 0 unspecified atom stereocenters. The maximum absolute atomic E-state index is 11.6. The standard InChI is InChI=1S/C11H20ClN3O2/c1-11(2,3)15-6-4-14(5-7-15)10(17)13-9(16)8-12/h4-8H2,1-3H3,(H,13,16,17). The Labute approximate surface area is 107 Å². The quantitative estimate of drug-likeness (QED) is 0.713. The van der Waals surface area contributed by atoms with Gasteiger partial charge in [-0.1, -0.05) is 0 Å². The molecule has 3 amide bonds. The minimum Gasteiger partial charge on any atom is -0.322 e. The van der Waals surface area contributed by atoms with Crippen LogP contribution in [0.2, 0.25) is 0 Å². The third kappa shape index (κ3) is 4.16. The average Bonchev–Trinajstić information content (AvgIpc) is 2.27. The highest BCUT2D eigenvalue weighted by Gasteiger charge is 2.28. The zero-order valence-corrected chi connectivity index (χ0v) is 11.4. The molecule has 1 aliphatic heterocycles. The van der Waals surface area contributed by atoms with Gasteiger partial charge in [0.2, 0.25) is 5.91 Å². The number of rotatable bonds is 1. The van der Waals surface area contributed by atoms with Crippen molar-refractivity contribution in [3.8, 4) is 0 Å². The van der Waals surface area contributed by atoms with Crippen molar-refractivity contribution in [2.75, 3.05) is 32.1 Å². The molecule has 0 radical (unpaired) electrons. The maximum Gasteiger partial charge on any atom is 0.324 e. The van der Waals surface area contributed by atoms with E-state index in [1.54, 1.807) is 4.90 Å². The van der Waals surface area contributed by atoms with Crippen molar-refractivity contribution in [1.29, 1.82) is 0 Å². The Morgan fingerprint density at radius 2 is 1.71 bits per heavy atom. The molecule has 0 saturated carbocycles. The highest BCUT2D eigenvalue weighted by Crippen LogP contribution is 2.15. The van der Waals surface area contributed by atoms with Gasteiger partial charge in [-0.25, -0.2) is 4.79 Å². The first kappa shape index (κ1) is 14.3. The monoisotopic (exact) mass is 261 g/mol. The van der Waals surface area contributed by atoms with Crippen LogP contribution < -0.4 is 5.32 Å². The lowest BCUT2D eigenvalue weighted by Crippen LogP contribution is -2.57. The first-order valence-electron chi connectivity index (χ1n) is 5.74. The Balaban J connectivity index is 2.42. The molecule has 0 bridgehead atoms. The van der Waals surface area contributed by atoms with E-state index in [2.05, 4.69) is 31.0 Å². The molecule has 0 aromatic heterocycles. The third-order valence-electron chi connectivity index (χ3n) is 2.88. The first-order chi connectivity index (χ1) is 7.84. The Hall–Kier alpha value is -0.810. The number of carbonyl (C=O) groups is 2. The molecule has 5 nitrogen and oxygen atoms in total. The molecule has 1 rings (SSSR count). The molecule has 0 atom stereocenters. The maximum atomic E-state index is 11.6. The van der Waals surface area contributed by atoms with Crippen LogP contribution in [-0.4, -0.2) is 59.3 Å². The number of hydrogen-bond acceptors (Lipinski definition) is 3. The Morgan fingerprint density at radius 1 is 1.18 bits per heavy atom. The van der Waals surface area contributed by atoms with Crippen molar-refractivity contribution >= 4 is 23.5 Å². The number of alkyl halides is 1. The second-order valence-electron chi connectivity index (χ2n) is 5.13. The Kier molecular flexibility index (Phi) is 4.77. The van der Waals surface area contributed by atoms with Crippen molar-refractivity contribution < 1.29 is 9.59 Å². The molecule has 0 aliphatic carbocycles. The van der Waals surface area contributed by atoms with Gasteiger partial charge < -0.3 is 4.90 Å². The van der Waals surface area contributed by atoms with Gasteiger partial charge >= 0.3 is 6.03 Å². The summed E-state index contributed by atoms with van der Waals surface area (Å²) in [6.45, 7) is 9.38. The summed E-state index contributed by atoms with van der Waals surface area (Å²) in [4.78, 5) is 26.6. The highest BCUT2D eigenvalue weighted by atomic mass is 35.5. The summed E-state index contributed by atoms with van der Waals surface area (Å²) in [6.07, 6.45) is 0. The zero-order chi connectivity index (χ0) is 13.1. The van der Waals surface area contributed by atoms with Gasteiger partial charge in [-0.2, -0.15) is 0 Å². The molecule has 1 aliphatic rings. The second kappa shape index (κ2) is 5.69. The minimum absolute atomic E-state index is 0.120. The summed E-state index contributed by atoms with van der Waals surface area (Å²) in [5.74, 6) is -0.636. The van der Waals surface area contributed by atoms with E-state index < -0.39 is 5.91 Å². The summed E-state index contributed by atoms with van der Waals surface area (Å²) >= 11 is 5.33. The van der Waals surface area contributed by atoms with Crippen LogP contribution in [0.3, 0.4) is 0 Å². The van der Waals surface area contributed by atoms with Crippen LogP contribution in [0.5, 0.6) is 0 Å². The van der Waals surface area contributed by atoms with Gasteiger partial charge in [0.15, 0.2) is 0 Å². The van der Waals surface area contributed by atoms with Crippen molar-refractivity contribution in [3.05, 3.63) is 0 Å². The van der Waals surface area contributed by atoms with Crippen LogP contribution in [0.15, 0.2) is 0 Å². The number of piperazine rings is 1. The molecule has 1 heterocycles. The normalized spacial score (nSPS) is 18.0. The summed E-state index contributed by atoms with van der Waals surface area (Å²) in [6, 6.07) is -0.343. The minimum atomic E-state index is -0.449. The van der Waals surface area contributed by atoms with E-state index in [0.717, 1.165) is 13.1 Å². The van der Waals surface area contributed by atoms with Crippen molar-refractivity contribution in [2.45, 2.75) is 26.3 Å². The van der Waals surface area contributed by atoms with Gasteiger partial charge in [0.05, 0.1) is 0 Å². The second-order valence-corrected chi connectivity index (χ2v) is 5.40. The molecule has 0 spiro atoms. The van der Waals surface area contributed by atoms with Gasteiger partial charge in [-0.3, -0.25) is 15.0 Å². The Morgan fingerprint density at radius 3 is 2.12 bits per heavy atom. The van der Waals surface area contributed by atoms with Crippen LogP contribution in [0.25, 0.3) is 0 Å². The molecule has 17 heavy (non-hydrogen) atoms. The SMILES string of the molecule is CC(C)(C)N1CCN(C(=O)NC(=O)CCl)CC1. The fourth-order valence-electron chi connectivity index (χ4n) is 1.81. The molecular formula is C11H20ClN3O2. The van der Waals surface area contributed by atoms with Crippen molar-refractivity contribution in [1.82, 2.24) is 15.1 Å². The first-order valence-corrected chi connectivity index (χ1v) is 6.28. The Bertz CT molecular complexity index is 294. The molecule has 1 saturated heterocycles. The van der Waals surface area contributed by atoms with E-state index in [1.807, 2.05) is 0 Å². The van der Waals surface area contributed by atoms with Gasteiger partial charge in [0, 0.05) is 31.7 Å². The van der Waals surface area contributed by atoms with Crippen LogP contribution in [0, 0.1) is 0 Å². The topological polar surface area (TPSA) is 52.6 Å². The van der Waals surface area contributed by atoms with Crippen LogP contribution in [0.1, 0.15) is 20.8 Å². The number of hydrogen-bond donors (Lipinski definition) is 1. The molecule has 0 aromatic rings. The highest BCUT2D eigenvalue weighted by molar-refractivity contribution is 6.28. The largest absolute Gasteiger partial charge is 0.324 e. The fourth-order valence-corrected chi connectivity index (χ4v) is 1.88. The molecule has 1 fully saturated rings. The lowest BCUT2D eigenvalue weighted by molar-refractivity contribution is -0.117. The van der Waals surface area contributed by atoms with E-state index in [9.17, 15) is 9.59 Å². The van der Waals surface area contributed by atoms with Gasteiger partial charge in [0.1, 0.15) is 5.88 Å². The van der Waals surface area contributed by atoms with Crippen molar-refractivity contribution in [3.63, 3.8) is 0 Å². The molecule has 0 aromatic carbocycles. The van der Waals surface area contributed by atoms with Gasteiger partial charge in [-0.05, 0) is 20.8 Å². The van der Waals surface area contributed by atoms with Gasteiger partial charge in [-0.15, -0.1) is 11.6 Å². The van der Waals surface area contributed by atoms with Crippen LogP contribution in [-0.2, 0) is 4.79 Å². The van der Waals surface area contributed by atoms with E-state index in [-0.39, 0.29) is 17.5 Å². The smallest absolute Gasteiger partial charge is 0.322 e. The summed E-state index contributed by atoms with van der Waals surface area (Å²) in [5, 5.41) is 2.25. The number of urea groups is 1. The number of imide groups is 1. The fraction of sp³-hybridized carbons (Fsp3) is 0.818. The van der Waals surface area contributed by atoms with Crippen molar-refractivity contribution in [2.24, 2.45) is 0 Å². The predicted octanol–water partition coefficient (Wildman–Crippen LogP) is 0.877. The van der Waals surface area contributed by atoms with E-state index in [4.69, 9.17) is 11.6 Å². The predicted molar refractivity (Wildman–Crippen MR) is 67.2 cm³/mol. The van der Waals surface area contributed by atoms with Crippen LogP contribution >= 0.6 is 11.6 Å². The lowest BCUT2D eigenvalue weighted by atomic mass is 10.1. The molecule has 6 heteroatoms. The number of carbonyl (C=O) groups excluding carboxylic acids is 2. The van der Waals surface area contributed by atoms with E-state index >= 15 is 0 Å².